The summed E-state index contributed by atoms with van der Waals surface area (Å²) in [6.07, 6.45) is 0. The first kappa shape index (κ1) is 14.1. The Balaban J connectivity index is 1.87. The highest BCUT2D eigenvalue weighted by atomic mass is 35.5. The molecule has 1 heterocycles. The number of halogens is 1. The van der Waals surface area contributed by atoms with Gasteiger partial charge in [-0.3, -0.25) is 9.69 Å². The number of carboxylic acids is 1. The number of rotatable bonds is 3. The molecule has 0 aliphatic carbocycles. The van der Waals surface area contributed by atoms with Crippen molar-refractivity contribution in [1.29, 1.82) is 0 Å². The highest BCUT2D eigenvalue weighted by molar-refractivity contribution is 6.31. The number of benzene rings is 2. The minimum Gasteiger partial charge on any atom is -0.481 e. The fourth-order valence-corrected chi connectivity index (χ4v) is 3.07. The molecule has 0 spiro atoms. The predicted octanol–water partition coefficient (Wildman–Crippen LogP) is 3.52. The molecular formula is C17H16ClNO2. The maximum Gasteiger partial charge on any atom is 0.312 e. The maximum absolute atomic E-state index is 11.5. The third-order valence-electron chi connectivity index (χ3n) is 3.92. The van der Waals surface area contributed by atoms with Gasteiger partial charge in [-0.25, -0.2) is 0 Å². The predicted molar refractivity (Wildman–Crippen MR) is 82.4 cm³/mol. The second-order valence-electron chi connectivity index (χ2n) is 5.35. The maximum atomic E-state index is 11.5. The fourth-order valence-electron chi connectivity index (χ4n) is 2.88. The standard InChI is InChI=1S/C17H16ClNO2/c18-16-8-4-2-6-13(16)10-19-9-12-5-1-3-7-14(12)15(11-19)17(20)21/h1-8,15H,9-11H2,(H,20,21). The molecule has 0 aromatic heterocycles. The van der Waals surface area contributed by atoms with Crippen molar-refractivity contribution in [3.8, 4) is 0 Å². The van der Waals surface area contributed by atoms with Crippen LogP contribution in [0.4, 0.5) is 0 Å². The summed E-state index contributed by atoms with van der Waals surface area (Å²) in [6, 6.07) is 15.5. The van der Waals surface area contributed by atoms with E-state index in [1.807, 2.05) is 48.5 Å². The molecule has 4 heteroatoms. The first-order chi connectivity index (χ1) is 10.1. The molecule has 1 unspecified atom stereocenters. The van der Waals surface area contributed by atoms with E-state index >= 15 is 0 Å². The third kappa shape index (κ3) is 2.94. The number of carboxylic acid groups (broad SMARTS) is 1. The van der Waals surface area contributed by atoms with E-state index < -0.39 is 11.9 Å². The van der Waals surface area contributed by atoms with Crippen molar-refractivity contribution in [2.75, 3.05) is 6.54 Å². The highest BCUT2D eigenvalue weighted by Gasteiger charge is 2.30. The van der Waals surface area contributed by atoms with Crippen molar-refractivity contribution in [1.82, 2.24) is 4.90 Å². The van der Waals surface area contributed by atoms with Crippen LogP contribution in [0.25, 0.3) is 0 Å². The summed E-state index contributed by atoms with van der Waals surface area (Å²) in [7, 11) is 0. The Hall–Kier alpha value is -1.84. The molecule has 3 nitrogen and oxygen atoms in total. The zero-order valence-electron chi connectivity index (χ0n) is 11.5. The third-order valence-corrected chi connectivity index (χ3v) is 4.28. The van der Waals surface area contributed by atoms with E-state index in [1.165, 1.54) is 0 Å². The Bertz CT molecular complexity index is 671. The van der Waals surface area contributed by atoms with Gasteiger partial charge in [0.15, 0.2) is 0 Å². The van der Waals surface area contributed by atoms with E-state index in [-0.39, 0.29) is 0 Å². The second kappa shape index (κ2) is 5.88. The van der Waals surface area contributed by atoms with E-state index in [4.69, 9.17) is 11.6 Å². The summed E-state index contributed by atoms with van der Waals surface area (Å²) in [4.78, 5) is 13.7. The molecule has 108 valence electrons. The average Bonchev–Trinajstić information content (AvgIpc) is 2.48. The molecule has 0 fully saturated rings. The molecule has 0 amide bonds. The van der Waals surface area contributed by atoms with Gasteiger partial charge in [0, 0.05) is 24.7 Å². The molecule has 1 N–H and O–H groups in total. The van der Waals surface area contributed by atoms with E-state index in [0.717, 1.165) is 28.3 Å². The van der Waals surface area contributed by atoms with Crippen LogP contribution in [-0.4, -0.2) is 22.5 Å². The van der Waals surface area contributed by atoms with Gasteiger partial charge in [-0.2, -0.15) is 0 Å². The molecule has 1 aliphatic heterocycles. The summed E-state index contributed by atoms with van der Waals surface area (Å²) in [5, 5.41) is 10.2. The lowest BCUT2D eigenvalue weighted by atomic mass is 9.89. The number of fused-ring (bicyclic) bond motifs is 1. The van der Waals surface area contributed by atoms with Crippen molar-refractivity contribution < 1.29 is 9.90 Å². The molecular weight excluding hydrogens is 286 g/mol. The quantitative estimate of drug-likeness (QED) is 0.943. The number of nitrogens with zero attached hydrogens (tertiary/aromatic N) is 1. The first-order valence-corrected chi connectivity index (χ1v) is 7.29. The summed E-state index contributed by atoms with van der Waals surface area (Å²) in [6.45, 7) is 1.93. The summed E-state index contributed by atoms with van der Waals surface area (Å²) in [5.41, 5.74) is 3.05. The molecule has 21 heavy (non-hydrogen) atoms. The van der Waals surface area contributed by atoms with E-state index in [9.17, 15) is 9.90 Å². The Morgan fingerprint density at radius 3 is 2.67 bits per heavy atom. The van der Waals surface area contributed by atoms with Crippen molar-refractivity contribution >= 4 is 17.6 Å². The average molecular weight is 302 g/mol. The molecule has 2 aromatic rings. The van der Waals surface area contributed by atoms with Gasteiger partial charge in [-0.15, -0.1) is 0 Å². The van der Waals surface area contributed by atoms with Gasteiger partial charge >= 0.3 is 5.97 Å². The lowest BCUT2D eigenvalue weighted by Gasteiger charge is -2.33. The van der Waals surface area contributed by atoms with Gasteiger partial charge < -0.3 is 5.11 Å². The van der Waals surface area contributed by atoms with Crippen LogP contribution in [0.1, 0.15) is 22.6 Å². The van der Waals surface area contributed by atoms with Crippen LogP contribution in [0.3, 0.4) is 0 Å². The fraction of sp³-hybridized carbons (Fsp3) is 0.235. The Kier molecular flexibility index (Phi) is 3.95. The highest BCUT2D eigenvalue weighted by Crippen LogP contribution is 2.30. The summed E-state index contributed by atoms with van der Waals surface area (Å²) in [5.74, 6) is -1.25. The number of aliphatic carboxylic acids is 1. The van der Waals surface area contributed by atoms with Gasteiger partial charge in [-0.1, -0.05) is 54.1 Å². The van der Waals surface area contributed by atoms with Crippen LogP contribution >= 0.6 is 11.6 Å². The van der Waals surface area contributed by atoms with Crippen LogP contribution in [-0.2, 0) is 17.9 Å². The van der Waals surface area contributed by atoms with Crippen LogP contribution in [0.5, 0.6) is 0 Å². The molecule has 0 saturated heterocycles. The Morgan fingerprint density at radius 1 is 1.19 bits per heavy atom. The number of hydrogen-bond acceptors (Lipinski definition) is 2. The molecule has 0 bridgehead atoms. The summed E-state index contributed by atoms with van der Waals surface area (Å²) >= 11 is 6.20. The van der Waals surface area contributed by atoms with Crippen molar-refractivity contribution in [3.05, 3.63) is 70.2 Å². The molecule has 0 saturated carbocycles. The lowest BCUT2D eigenvalue weighted by Crippen LogP contribution is -2.36. The van der Waals surface area contributed by atoms with Gasteiger partial charge in [0.25, 0.3) is 0 Å². The van der Waals surface area contributed by atoms with E-state index in [1.54, 1.807) is 0 Å². The normalized spacial score (nSPS) is 18.2. The van der Waals surface area contributed by atoms with Gasteiger partial charge in [0.05, 0.1) is 5.92 Å². The minimum absolute atomic E-state index is 0.475. The van der Waals surface area contributed by atoms with Crippen LogP contribution in [0.2, 0.25) is 5.02 Å². The van der Waals surface area contributed by atoms with Crippen LogP contribution in [0.15, 0.2) is 48.5 Å². The molecule has 1 aliphatic rings. The van der Waals surface area contributed by atoms with Crippen molar-refractivity contribution in [2.45, 2.75) is 19.0 Å². The SMILES string of the molecule is O=C(O)C1CN(Cc2ccccc2Cl)Cc2ccccc21. The van der Waals surface area contributed by atoms with Gasteiger partial charge in [0.2, 0.25) is 0 Å². The Morgan fingerprint density at radius 2 is 1.90 bits per heavy atom. The zero-order chi connectivity index (χ0) is 14.8. The number of carbonyl (C=O) groups is 1. The first-order valence-electron chi connectivity index (χ1n) is 6.91. The minimum atomic E-state index is -0.772. The molecule has 3 rings (SSSR count). The molecule has 0 radical (unpaired) electrons. The van der Waals surface area contributed by atoms with E-state index in [2.05, 4.69) is 4.90 Å². The number of hydrogen-bond donors (Lipinski definition) is 1. The van der Waals surface area contributed by atoms with Crippen molar-refractivity contribution in [2.24, 2.45) is 0 Å². The lowest BCUT2D eigenvalue weighted by molar-refractivity contribution is -0.139. The van der Waals surface area contributed by atoms with Gasteiger partial charge in [0.1, 0.15) is 0 Å². The van der Waals surface area contributed by atoms with Crippen molar-refractivity contribution in [3.63, 3.8) is 0 Å². The van der Waals surface area contributed by atoms with Gasteiger partial charge in [-0.05, 0) is 22.8 Å². The largest absolute Gasteiger partial charge is 0.481 e. The Labute approximate surface area is 128 Å². The zero-order valence-corrected chi connectivity index (χ0v) is 12.3. The summed E-state index contributed by atoms with van der Waals surface area (Å²) < 4.78 is 0. The monoisotopic (exact) mass is 301 g/mol. The van der Waals surface area contributed by atoms with Crippen LogP contribution in [0, 0.1) is 0 Å². The molecule has 1 atom stereocenters. The van der Waals surface area contributed by atoms with Crippen LogP contribution < -0.4 is 0 Å². The molecule has 2 aromatic carbocycles. The topological polar surface area (TPSA) is 40.5 Å². The second-order valence-corrected chi connectivity index (χ2v) is 5.76. The smallest absolute Gasteiger partial charge is 0.312 e. The van der Waals surface area contributed by atoms with E-state index in [0.29, 0.717) is 13.1 Å².